The van der Waals surface area contributed by atoms with E-state index in [1.165, 1.54) is 36.2 Å². The van der Waals surface area contributed by atoms with Crippen molar-refractivity contribution in [3.05, 3.63) is 27.9 Å². The summed E-state index contributed by atoms with van der Waals surface area (Å²) in [5, 5.41) is 4.83. The van der Waals surface area contributed by atoms with E-state index >= 15 is 0 Å². The zero-order valence-electron chi connectivity index (χ0n) is 9.92. The maximum absolute atomic E-state index is 4.51. The minimum absolute atomic E-state index is 1.00. The summed E-state index contributed by atoms with van der Waals surface area (Å²) in [6.07, 6.45) is 7.39. The van der Waals surface area contributed by atoms with E-state index in [-0.39, 0.29) is 0 Å². The van der Waals surface area contributed by atoms with Crippen molar-refractivity contribution in [2.75, 3.05) is 5.32 Å². The smallest absolute Gasteiger partial charge is 0.208 e. The molecule has 1 aliphatic carbocycles. The van der Waals surface area contributed by atoms with Crippen molar-refractivity contribution in [1.29, 1.82) is 0 Å². The van der Waals surface area contributed by atoms with Crippen molar-refractivity contribution in [3.63, 3.8) is 0 Å². The maximum atomic E-state index is 4.51. The Morgan fingerprint density at radius 1 is 1.29 bits per heavy atom. The molecule has 0 unspecified atom stereocenters. The van der Waals surface area contributed by atoms with Gasteiger partial charge in [-0.1, -0.05) is 0 Å². The summed E-state index contributed by atoms with van der Waals surface area (Å²) in [6, 6.07) is 0. The second-order valence-electron chi connectivity index (χ2n) is 4.98. The molecule has 1 N–H and O–H groups in total. The Labute approximate surface area is 104 Å². The van der Waals surface area contributed by atoms with E-state index in [0.29, 0.717) is 0 Å². The van der Waals surface area contributed by atoms with Crippen LogP contribution in [0.4, 0.5) is 10.9 Å². The molecule has 0 atom stereocenters. The largest absolute Gasteiger partial charge is 0.317 e. The summed E-state index contributed by atoms with van der Waals surface area (Å²) in [5.74, 6) is 1.01. The zero-order chi connectivity index (χ0) is 11.4. The molecule has 3 nitrogen and oxygen atoms in total. The topological polar surface area (TPSA) is 29.9 Å². The molecule has 0 fully saturated rings. The summed E-state index contributed by atoms with van der Waals surface area (Å²) < 4.78 is 2.24. The van der Waals surface area contributed by atoms with Gasteiger partial charge in [-0.2, -0.15) is 0 Å². The van der Waals surface area contributed by atoms with Crippen molar-refractivity contribution < 1.29 is 0 Å². The standard InChI is InChI=1S/C13H15N3S/c1-8-6-16-7-10-9-4-2-3-5-11(9)17-12(10)15-13(16)14-8/h6H,2-5,7H2,1H3,(H,14,15). The lowest BCUT2D eigenvalue weighted by Gasteiger charge is -2.18. The third-order valence-electron chi connectivity index (χ3n) is 3.73. The van der Waals surface area contributed by atoms with Gasteiger partial charge in [0.25, 0.3) is 0 Å². The molecule has 0 saturated heterocycles. The van der Waals surface area contributed by atoms with Crippen LogP contribution < -0.4 is 5.32 Å². The van der Waals surface area contributed by atoms with E-state index in [4.69, 9.17) is 0 Å². The average Bonchev–Trinajstić information content (AvgIpc) is 2.84. The molecule has 1 aliphatic heterocycles. The lowest BCUT2D eigenvalue weighted by molar-refractivity contribution is 0.682. The van der Waals surface area contributed by atoms with Gasteiger partial charge in [-0.3, -0.25) is 0 Å². The van der Waals surface area contributed by atoms with Gasteiger partial charge < -0.3 is 9.88 Å². The molecule has 0 spiro atoms. The van der Waals surface area contributed by atoms with Crippen LogP contribution in [0.5, 0.6) is 0 Å². The van der Waals surface area contributed by atoms with Gasteiger partial charge in [-0.05, 0) is 38.2 Å². The van der Waals surface area contributed by atoms with Crippen LogP contribution in [0.25, 0.3) is 0 Å². The average molecular weight is 245 g/mol. The molecule has 0 amide bonds. The highest BCUT2D eigenvalue weighted by Gasteiger charge is 2.25. The Morgan fingerprint density at radius 3 is 3.12 bits per heavy atom. The van der Waals surface area contributed by atoms with Crippen LogP contribution in [0.2, 0.25) is 0 Å². The Hall–Kier alpha value is -1.29. The highest BCUT2D eigenvalue weighted by Crippen LogP contribution is 2.42. The Bertz CT molecular complexity index is 594. The number of aryl methyl sites for hydroxylation is 2. The first-order valence-corrected chi connectivity index (χ1v) is 7.07. The van der Waals surface area contributed by atoms with Gasteiger partial charge in [-0.25, -0.2) is 4.98 Å². The predicted octanol–water partition coefficient (Wildman–Crippen LogP) is 3.24. The molecular formula is C13H15N3S. The number of thiophene rings is 1. The maximum Gasteiger partial charge on any atom is 0.208 e. The molecule has 4 rings (SSSR count). The molecule has 4 heteroatoms. The number of nitrogens with zero attached hydrogens (tertiary/aromatic N) is 2. The minimum atomic E-state index is 1.00. The number of imidazole rings is 1. The van der Waals surface area contributed by atoms with E-state index in [1.54, 1.807) is 10.4 Å². The SMILES string of the molecule is Cc1cn2c(n1)Nc1sc3c(c1C2)CCCC3. The van der Waals surface area contributed by atoms with E-state index in [9.17, 15) is 0 Å². The monoisotopic (exact) mass is 245 g/mol. The number of aromatic nitrogens is 2. The predicted molar refractivity (Wildman–Crippen MR) is 70.3 cm³/mol. The third kappa shape index (κ3) is 1.37. The van der Waals surface area contributed by atoms with Crippen LogP contribution in [-0.4, -0.2) is 9.55 Å². The van der Waals surface area contributed by atoms with Crippen LogP contribution in [-0.2, 0) is 19.4 Å². The van der Waals surface area contributed by atoms with Crippen LogP contribution >= 0.6 is 11.3 Å². The molecule has 0 bridgehead atoms. The summed E-state index contributed by atoms with van der Waals surface area (Å²) in [4.78, 5) is 6.12. The first-order chi connectivity index (χ1) is 8.31. The fourth-order valence-corrected chi connectivity index (χ4v) is 4.23. The Morgan fingerprint density at radius 2 is 2.18 bits per heavy atom. The van der Waals surface area contributed by atoms with Crippen molar-refractivity contribution in [1.82, 2.24) is 9.55 Å². The summed E-state index contributed by atoms with van der Waals surface area (Å²) in [5.41, 5.74) is 4.24. The Kier molecular flexibility index (Phi) is 1.92. The highest BCUT2D eigenvalue weighted by atomic mass is 32.1. The molecule has 2 aliphatic rings. The number of anilines is 2. The molecule has 2 aromatic heterocycles. The molecular weight excluding hydrogens is 230 g/mol. The van der Waals surface area contributed by atoms with Gasteiger partial charge in [0.15, 0.2) is 0 Å². The van der Waals surface area contributed by atoms with Crippen LogP contribution in [0.1, 0.15) is 34.5 Å². The minimum Gasteiger partial charge on any atom is -0.317 e. The summed E-state index contributed by atoms with van der Waals surface area (Å²) in [7, 11) is 0. The van der Waals surface area contributed by atoms with Crippen molar-refractivity contribution in [2.45, 2.75) is 39.2 Å². The van der Waals surface area contributed by atoms with Crippen LogP contribution in [0, 0.1) is 6.92 Å². The quantitative estimate of drug-likeness (QED) is 0.659. The number of fused-ring (bicyclic) bond motifs is 4. The van der Waals surface area contributed by atoms with E-state index in [1.807, 2.05) is 11.3 Å². The lowest BCUT2D eigenvalue weighted by Crippen LogP contribution is -2.12. The molecule has 0 saturated carbocycles. The second kappa shape index (κ2) is 3.35. The van der Waals surface area contributed by atoms with Crippen molar-refractivity contribution >= 4 is 22.3 Å². The number of nitrogens with one attached hydrogen (secondary N) is 1. The van der Waals surface area contributed by atoms with Crippen LogP contribution in [0.15, 0.2) is 6.20 Å². The normalized spacial score (nSPS) is 17.0. The number of hydrogen-bond acceptors (Lipinski definition) is 3. The van der Waals surface area contributed by atoms with Crippen molar-refractivity contribution in [3.8, 4) is 0 Å². The molecule has 17 heavy (non-hydrogen) atoms. The molecule has 0 aromatic carbocycles. The molecule has 88 valence electrons. The zero-order valence-corrected chi connectivity index (χ0v) is 10.7. The summed E-state index contributed by atoms with van der Waals surface area (Å²) >= 11 is 1.95. The van der Waals surface area contributed by atoms with Gasteiger partial charge in [-0.15, -0.1) is 11.3 Å². The Balaban J connectivity index is 1.83. The van der Waals surface area contributed by atoms with Crippen LogP contribution in [0.3, 0.4) is 0 Å². The van der Waals surface area contributed by atoms with Gasteiger partial charge in [0, 0.05) is 16.6 Å². The van der Waals surface area contributed by atoms with Gasteiger partial charge in [0.2, 0.25) is 5.95 Å². The molecule has 2 aromatic rings. The van der Waals surface area contributed by atoms with Crippen molar-refractivity contribution in [2.24, 2.45) is 0 Å². The lowest BCUT2D eigenvalue weighted by atomic mass is 9.95. The highest BCUT2D eigenvalue weighted by molar-refractivity contribution is 7.16. The first-order valence-electron chi connectivity index (χ1n) is 6.25. The van der Waals surface area contributed by atoms with E-state index in [2.05, 4.69) is 28.0 Å². The number of rotatable bonds is 0. The molecule has 3 heterocycles. The molecule has 0 radical (unpaired) electrons. The fourth-order valence-electron chi connectivity index (χ4n) is 2.94. The second-order valence-corrected chi connectivity index (χ2v) is 6.08. The fraction of sp³-hybridized carbons (Fsp3) is 0.462. The first kappa shape index (κ1) is 9.71. The number of hydrogen-bond donors (Lipinski definition) is 1. The van der Waals surface area contributed by atoms with E-state index in [0.717, 1.165) is 18.2 Å². The summed E-state index contributed by atoms with van der Waals surface area (Å²) in [6.45, 7) is 3.06. The van der Waals surface area contributed by atoms with E-state index < -0.39 is 0 Å². The third-order valence-corrected chi connectivity index (χ3v) is 4.98. The van der Waals surface area contributed by atoms with Gasteiger partial charge in [0.1, 0.15) is 5.00 Å². The van der Waals surface area contributed by atoms with Gasteiger partial charge in [0.05, 0.1) is 12.2 Å². The van der Waals surface area contributed by atoms with Gasteiger partial charge >= 0.3 is 0 Å².